The molecule has 1 aromatic carbocycles. The largest absolute Gasteiger partial charge is 0.339 e. The van der Waals surface area contributed by atoms with Gasteiger partial charge in [0.1, 0.15) is 6.04 Å². The third-order valence-electron chi connectivity index (χ3n) is 4.71. The van der Waals surface area contributed by atoms with E-state index in [4.69, 9.17) is 0 Å². The molecule has 0 bridgehead atoms. The minimum Gasteiger partial charge on any atom is -0.339 e. The van der Waals surface area contributed by atoms with Crippen LogP contribution in [0.25, 0.3) is 0 Å². The summed E-state index contributed by atoms with van der Waals surface area (Å²) in [7, 11) is 3.61. The number of rotatable bonds is 4. The van der Waals surface area contributed by atoms with E-state index in [1.54, 1.807) is 17.9 Å². The van der Waals surface area contributed by atoms with Gasteiger partial charge in [0.2, 0.25) is 5.91 Å². The van der Waals surface area contributed by atoms with Crippen LogP contribution in [0.4, 0.5) is 0 Å². The molecule has 1 unspecified atom stereocenters. The van der Waals surface area contributed by atoms with Crippen molar-refractivity contribution in [3.8, 4) is 0 Å². The number of carbonyl (C=O) groups excluding carboxylic acids is 2. The molecule has 0 radical (unpaired) electrons. The van der Waals surface area contributed by atoms with Crippen LogP contribution in [0.15, 0.2) is 42.7 Å². The standard InChI is InChI=1S/C19H25N5O2.ClH/c1-20-17(16-13-21-22(2)14-16)19(26)24-10-6-9-23(11-12-24)18(25)15-7-4-3-5-8-15;/h3-5,7-8,13-14,17,20H,6,9-12H2,1-2H3;1H. The van der Waals surface area contributed by atoms with Crippen molar-refractivity contribution in [2.24, 2.45) is 7.05 Å². The Kier molecular flexibility index (Phi) is 7.38. The van der Waals surface area contributed by atoms with Gasteiger partial charge in [-0.05, 0) is 25.6 Å². The molecule has 2 aromatic rings. The fourth-order valence-corrected chi connectivity index (χ4v) is 3.31. The Hall–Kier alpha value is -2.38. The molecule has 1 aliphatic rings. The highest BCUT2D eigenvalue weighted by Crippen LogP contribution is 2.17. The van der Waals surface area contributed by atoms with Crippen molar-refractivity contribution in [3.05, 3.63) is 53.9 Å². The number of aryl methyl sites for hydroxylation is 1. The normalized spacial score (nSPS) is 15.6. The number of nitrogens with zero attached hydrogens (tertiary/aromatic N) is 4. The Morgan fingerprint density at radius 2 is 1.74 bits per heavy atom. The van der Waals surface area contributed by atoms with Crippen LogP contribution in [0.5, 0.6) is 0 Å². The van der Waals surface area contributed by atoms with Gasteiger partial charge in [-0.1, -0.05) is 18.2 Å². The summed E-state index contributed by atoms with van der Waals surface area (Å²) in [4.78, 5) is 29.3. The van der Waals surface area contributed by atoms with Crippen LogP contribution in [-0.4, -0.2) is 64.6 Å². The van der Waals surface area contributed by atoms with Crippen molar-refractivity contribution in [1.82, 2.24) is 24.9 Å². The molecule has 0 spiro atoms. The first kappa shape index (κ1) is 20.9. The first-order chi connectivity index (χ1) is 12.6. The predicted octanol–water partition coefficient (Wildman–Crippen LogP) is 1.48. The van der Waals surface area contributed by atoms with Crippen molar-refractivity contribution in [2.45, 2.75) is 12.5 Å². The second-order valence-corrected chi connectivity index (χ2v) is 6.51. The third-order valence-corrected chi connectivity index (χ3v) is 4.71. The monoisotopic (exact) mass is 391 g/mol. The summed E-state index contributed by atoms with van der Waals surface area (Å²) in [5.74, 6) is 0.0480. The van der Waals surface area contributed by atoms with Gasteiger partial charge >= 0.3 is 0 Å². The van der Waals surface area contributed by atoms with E-state index in [0.717, 1.165) is 12.0 Å². The Morgan fingerprint density at radius 1 is 1.07 bits per heavy atom. The average molecular weight is 392 g/mol. The minimum absolute atomic E-state index is 0. The highest BCUT2D eigenvalue weighted by molar-refractivity contribution is 5.94. The number of hydrogen-bond acceptors (Lipinski definition) is 4. The molecular formula is C19H26ClN5O2. The molecule has 1 saturated heterocycles. The molecule has 7 nitrogen and oxygen atoms in total. The number of benzene rings is 1. The van der Waals surface area contributed by atoms with Gasteiger partial charge in [0.15, 0.2) is 0 Å². The predicted molar refractivity (Wildman–Crippen MR) is 106 cm³/mol. The zero-order chi connectivity index (χ0) is 18.5. The van der Waals surface area contributed by atoms with Gasteiger partial charge < -0.3 is 15.1 Å². The van der Waals surface area contributed by atoms with Gasteiger partial charge in [-0.3, -0.25) is 14.3 Å². The first-order valence-corrected chi connectivity index (χ1v) is 8.89. The van der Waals surface area contributed by atoms with E-state index in [2.05, 4.69) is 10.4 Å². The van der Waals surface area contributed by atoms with Gasteiger partial charge in [0.25, 0.3) is 5.91 Å². The van der Waals surface area contributed by atoms with E-state index in [-0.39, 0.29) is 24.2 Å². The van der Waals surface area contributed by atoms with Crippen LogP contribution in [0.2, 0.25) is 0 Å². The summed E-state index contributed by atoms with van der Waals surface area (Å²) in [6.07, 6.45) is 4.33. The molecule has 0 saturated carbocycles. The second kappa shape index (κ2) is 9.53. The molecule has 0 aliphatic carbocycles. The molecule has 1 N–H and O–H groups in total. The smallest absolute Gasteiger partial charge is 0.253 e. The lowest BCUT2D eigenvalue weighted by Gasteiger charge is -2.26. The average Bonchev–Trinajstić information content (AvgIpc) is 2.94. The quantitative estimate of drug-likeness (QED) is 0.857. The van der Waals surface area contributed by atoms with Gasteiger partial charge in [-0.2, -0.15) is 5.10 Å². The molecule has 3 rings (SSSR count). The van der Waals surface area contributed by atoms with Gasteiger partial charge in [-0.25, -0.2) is 0 Å². The number of hydrogen-bond donors (Lipinski definition) is 1. The first-order valence-electron chi connectivity index (χ1n) is 8.89. The van der Waals surface area contributed by atoms with E-state index in [1.165, 1.54) is 0 Å². The Balaban J connectivity index is 0.00000261. The number of carbonyl (C=O) groups is 2. The Morgan fingerprint density at radius 3 is 2.37 bits per heavy atom. The summed E-state index contributed by atoms with van der Waals surface area (Å²) < 4.78 is 1.69. The van der Waals surface area contributed by atoms with E-state index in [9.17, 15) is 9.59 Å². The lowest BCUT2D eigenvalue weighted by atomic mass is 10.1. The number of aromatic nitrogens is 2. The lowest BCUT2D eigenvalue weighted by Crippen LogP contribution is -2.42. The van der Waals surface area contributed by atoms with E-state index in [0.29, 0.717) is 31.7 Å². The molecule has 27 heavy (non-hydrogen) atoms. The third kappa shape index (κ3) is 4.87. The Labute approximate surface area is 165 Å². The SMILES string of the molecule is CNC(C(=O)N1CCCN(C(=O)c2ccccc2)CC1)c1cnn(C)c1.Cl. The van der Waals surface area contributed by atoms with Crippen molar-refractivity contribution < 1.29 is 9.59 Å². The fourth-order valence-electron chi connectivity index (χ4n) is 3.31. The number of likely N-dealkylation sites (N-methyl/N-ethyl adjacent to an activating group) is 1. The highest BCUT2D eigenvalue weighted by atomic mass is 35.5. The van der Waals surface area contributed by atoms with Crippen molar-refractivity contribution in [1.29, 1.82) is 0 Å². The van der Waals surface area contributed by atoms with Crippen LogP contribution in [0.3, 0.4) is 0 Å². The van der Waals surface area contributed by atoms with Crippen LogP contribution in [0, 0.1) is 0 Å². The van der Waals surface area contributed by atoms with Crippen molar-refractivity contribution in [2.75, 3.05) is 33.2 Å². The molecule has 146 valence electrons. The van der Waals surface area contributed by atoms with Crippen LogP contribution >= 0.6 is 12.4 Å². The summed E-state index contributed by atoms with van der Waals surface area (Å²) in [6.45, 7) is 2.39. The minimum atomic E-state index is -0.417. The number of nitrogens with one attached hydrogen (secondary N) is 1. The van der Waals surface area contributed by atoms with E-state index in [1.807, 2.05) is 53.4 Å². The molecule has 1 atom stereocenters. The molecule has 1 aromatic heterocycles. The zero-order valence-electron chi connectivity index (χ0n) is 15.7. The second-order valence-electron chi connectivity index (χ2n) is 6.51. The van der Waals surface area contributed by atoms with Gasteiger partial charge in [0.05, 0.1) is 6.20 Å². The summed E-state index contributed by atoms with van der Waals surface area (Å²) in [5.41, 5.74) is 1.54. The van der Waals surface area contributed by atoms with Crippen LogP contribution in [-0.2, 0) is 11.8 Å². The van der Waals surface area contributed by atoms with Crippen LogP contribution in [0.1, 0.15) is 28.4 Å². The summed E-state index contributed by atoms with van der Waals surface area (Å²) in [5, 5.41) is 7.24. The van der Waals surface area contributed by atoms with Gasteiger partial charge in [0, 0.05) is 50.6 Å². The number of halogens is 1. The maximum absolute atomic E-state index is 13.0. The molecular weight excluding hydrogens is 366 g/mol. The molecule has 1 fully saturated rings. The maximum atomic E-state index is 13.0. The maximum Gasteiger partial charge on any atom is 0.253 e. The fraction of sp³-hybridized carbons (Fsp3) is 0.421. The summed E-state index contributed by atoms with van der Waals surface area (Å²) in [6, 6.07) is 8.87. The van der Waals surface area contributed by atoms with E-state index < -0.39 is 6.04 Å². The molecule has 1 aliphatic heterocycles. The molecule has 2 amide bonds. The summed E-state index contributed by atoms with van der Waals surface area (Å²) >= 11 is 0. The van der Waals surface area contributed by atoms with Gasteiger partial charge in [-0.15, -0.1) is 12.4 Å². The lowest BCUT2D eigenvalue weighted by molar-refractivity contribution is -0.133. The van der Waals surface area contributed by atoms with Crippen molar-refractivity contribution in [3.63, 3.8) is 0 Å². The van der Waals surface area contributed by atoms with Crippen LogP contribution < -0.4 is 5.32 Å². The zero-order valence-corrected chi connectivity index (χ0v) is 16.5. The van der Waals surface area contributed by atoms with E-state index >= 15 is 0 Å². The van der Waals surface area contributed by atoms with Crippen molar-refractivity contribution >= 4 is 24.2 Å². The molecule has 8 heteroatoms. The highest BCUT2D eigenvalue weighted by Gasteiger charge is 2.28. The molecule has 2 heterocycles. The Bertz CT molecular complexity index is 764. The number of amides is 2. The topological polar surface area (TPSA) is 70.5 Å².